The van der Waals surface area contributed by atoms with Gasteiger partial charge in [0, 0.05) is 31.9 Å². The Bertz CT molecular complexity index is 414. The quantitative estimate of drug-likeness (QED) is 0.619. The topological polar surface area (TPSA) is 27.3 Å². The summed E-state index contributed by atoms with van der Waals surface area (Å²) in [5.41, 5.74) is 1.02. The Morgan fingerprint density at radius 3 is 2.88 bits per heavy atom. The van der Waals surface area contributed by atoms with Gasteiger partial charge >= 0.3 is 0 Å². The van der Waals surface area contributed by atoms with Gasteiger partial charge in [-0.3, -0.25) is 0 Å². The normalized spacial score (nSPS) is 17.7. The Kier molecular flexibility index (Phi) is 3.98. The molecule has 1 aliphatic heterocycles. The molecule has 4 heteroatoms. The van der Waals surface area contributed by atoms with Crippen LogP contribution in [0.1, 0.15) is 6.42 Å². The first-order valence-electron chi connectivity index (χ1n) is 5.78. The standard InChI is InChI=1S/C13H17N3S/c1-16-9-5-8-14-12(16)10-13(17)15-11-6-3-2-4-7-11/h2-4,6-7,10,14H,5,8-9H2,1H3,(H,15,17)/b12-10+. The molecule has 17 heavy (non-hydrogen) atoms. The summed E-state index contributed by atoms with van der Waals surface area (Å²) in [5.74, 6) is 1.09. The number of hydrogen-bond acceptors (Lipinski definition) is 3. The fraction of sp³-hybridized carbons (Fsp3) is 0.308. The highest BCUT2D eigenvalue weighted by Gasteiger charge is 2.09. The van der Waals surface area contributed by atoms with Crippen LogP contribution in [-0.4, -0.2) is 30.0 Å². The fourth-order valence-electron chi connectivity index (χ4n) is 1.77. The maximum atomic E-state index is 5.32. The number of rotatable bonds is 2. The van der Waals surface area contributed by atoms with E-state index in [1.165, 1.54) is 6.42 Å². The summed E-state index contributed by atoms with van der Waals surface area (Å²) in [7, 11) is 2.07. The van der Waals surface area contributed by atoms with Crippen molar-refractivity contribution in [1.29, 1.82) is 0 Å². The molecule has 2 N–H and O–H groups in total. The van der Waals surface area contributed by atoms with Crippen molar-refractivity contribution in [2.75, 3.05) is 25.5 Å². The SMILES string of the molecule is CN1CCCN/C1=C\C(=S)Nc1ccccc1. The number of benzene rings is 1. The zero-order valence-electron chi connectivity index (χ0n) is 9.94. The first-order valence-corrected chi connectivity index (χ1v) is 6.19. The molecule has 0 spiro atoms. The van der Waals surface area contributed by atoms with Gasteiger partial charge < -0.3 is 15.5 Å². The Hall–Kier alpha value is -1.55. The third-order valence-corrected chi connectivity index (χ3v) is 2.92. The van der Waals surface area contributed by atoms with E-state index in [2.05, 4.69) is 22.6 Å². The first-order chi connectivity index (χ1) is 8.25. The van der Waals surface area contributed by atoms with E-state index in [1.807, 2.05) is 36.4 Å². The number of nitrogens with one attached hydrogen (secondary N) is 2. The van der Waals surface area contributed by atoms with Gasteiger partial charge in [0.05, 0.1) is 0 Å². The van der Waals surface area contributed by atoms with Crippen LogP contribution >= 0.6 is 12.2 Å². The third-order valence-electron chi connectivity index (χ3n) is 2.70. The Labute approximate surface area is 108 Å². The van der Waals surface area contributed by atoms with Crippen LogP contribution in [0.2, 0.25) is 0 Å². The van der Waals surface area contributed by atoms with Crippen LogP contribution in [-0.2, 0) is 0 Å². The van der Waals surface area contributed by atoms with E-state index in [4.69, 9.17) is 12.2 Å². The van der Waals surface area contributed by atoms with E-state index in [-0.39, 0.29) is 0 Å². The van der Waals surface area contributed by atoms with E-state index in [0.29, 0.717) is 0 Å². The van der Waals surface area contributed by atoms with Crippen LogP contribution in [0.5, 0.6) is 0 Å². The van der Waals surface area contributed by atoms with E-state index >= 15 is 0 Å². The van der Waals surface area contributed by atoms with Crippen LogP contribution in [0.15, 0.2) is 42.2 Å². The van der Waals surface area contributed by atoms with Crippen LogP contribution in [0.25, 0.3) is 0 Å². The molecule has 1 aromatic rings. The molecule has 1 fully saturated rings. The molecule has 0 aromatic heterocycles. The van der Waals surface area contributed by atoms with Crippen molar-refractivity contribution in [3.05, 3.63) is 42.2 Å². The first kappa shape index (κ1) is 11.9. The summed E-state index contributed by atoms with van der Waals surface area (Å²) in [6, 6.07) is 9.97. The summed E-state index contributed by atoms with van der Waals surface area (Å²) in [6.45, 7) is 2.09. The maximum absolute atomic E-state index is 5.32. The molecule has 0 aliphatic carbocycles. The number of para-hydroxylation sites is 1. The highest BCUT2D eigenvalue weighted by Crippen LogP contribution is 2.08. The molecule has 1 aromatic carbocycles. The molecule has 3 nitrogen and oxygen atoms in total. The van der Waals surface area contributed by atoms with Gasteiger partial charge in [-0.05, 0) is 18.6 Å². The average Bonchev–Trinajstić information content (AvgIpc) is 2.33. The van der Waals surface area contributed by atoms with E-state index < -0.39 is 0 Å². The molecule has 1 heterocycles. The Morgan fingerprint density at radius 2 is 2.18 bits per heavy atom. The predicted molar refractivity (Wildman–Crippen MR) is 76.0 cm³/mol. The molecule has 1 aliphatic rings. The second-order valence-electron chi connectivity index (χ2n) is 4.09. The highest BCUT2D eigenvalue weighted by molar-refractivity contribution is 7.81. The van der Waals surface area contributed by atoms with Crippen molar-refractivity contribution in [1.82, 2.24) is 10.2 Å². The lowest BCUT2D eigenvalue weighted by Gasteiger charge is -2.28. The second-order valence-corrected chi connectivity index (χ2v) is 4.53. The minimum Gasteiger partial charge on any atom is -0.372 e. The zero-order chi connectivity index (χ0) is 12.1. The molecule has 1 saturated heterocycles. The summed E-state index contributed by atoms with van der Waals surface area (Å²) in [4.78, 5) is 2.91. The summed E-state index contributed by atoms with van der Waals surface area (Å²) in [6.07, 6.45) is 3.15. The summed E-state index contributed by atoms with van der Waals surface area (Å²) in [5, 5.41) is 6.54. The fourth-order valence-corrected chi connectivity index (χ4v) is 2.00. The van der Waals surface area contributed by atoms with E-state index in [0.717, 1.165) is 29.6 Å². The maximum Gasteiger partial charge on any atom is 0.107 e. The zero-order valence-corrected chi connectivity index (χ0v) is 10.8. The molecule has 0 radical (unpaired) electrons. The number of nitrogens with zero attached hydrogens (tertiary/aromatic N) is 1. The summed E-state index contributed by atoms with van der Waals surface area (Å²) >= 11 is 5.32. The van der Waals surface area contributed by atoms with Crippen molar-refractivity contribution < 1.29 is 0 Å². The lowest BCUT2D eigenvalue weighted by atomic mass is 10.3. The lowest BCUT2D eigenvalue weighted by Crippen LogP contribution is -2.37. The van der Waals surface area contributed by atoms with Crippen molar-refractivity contribution in [2.24, 2.45) is 0 Å². The van der Waals surface area contributed by atoms with E-state index in [1.54, 1.807) is 0 Å². The molecule has 0 amide bonds. The van der Waals surface area contributed by atoms with Crippen molar-refractivity contribution >= 4 is 22.9 Å². The van der Waals surface area contributed by atoms with Crippen LogP contribution in [0, 0.1) is 0 Å². The molecular formula is C13H17N3S. The number of anilines is 1. The molecule has 0 unspecified atom stereocenters. The van der Waals surface area contributed by atoms with Gasteiger partial charge in [-0.25, -0.2) is 0 Å². The average molecular weight is 247 g/mol. The molecule has 0 bridgehead atoms. The predicted octanol–water partition coefficient (Wildman–Crippen LogP) is 2.19. The van der Waals surface area contributed by atoms with Crippen LogP contribution in [0.4, 0.5) is 5.69 Å². The van der Waals surface area contributed by atoms with Gasteiger partial charge in [0.1, 0.15) is 10.8 Å². The third kappa shape index (κ3) is 3.46. The van der Waals surface area contributed by atoms with Crippen molar-refractivity contribution in [3.63, 3.8) is 0 Å². The van der Waals surface area contributed by atoms with Crippen LogP contribution in [0.3, 0.4) is 0 Å². The molecular weight excluding hydrogens is 230 g/mol. The van der Waals surface area contributed by atoms with Gasteiger partial charge in [-0.15, -0.1) is 0 Å². The Balaban J connectivity index is 1.99. The number of hydrogen-bond donors (Lipinski definition) is 2. The molecule has 0 saturated carbocycles. The minimum atomic E-state index is 0.729. The van der Waals surface area contributed by atoms with Crippen molar-refractivity contribution in [2.45, 2.75) is 6.42 Å². The minimum absolute atomic E-state index is 0.729. The number of thiocarbonyl (C=S) groups is 1. The van der Waals surface area contributed by atoms with Gasteiger partial charge in [-0.1, -0.05) is 30.4 Å². The smallest absolute Gasteiger partial charge is 0.107 e. The molecule has 2 rings (SSSR count). The van der Waals surface area contributed by atoms with E-state index in [9.17, 15) is 0 Å². The van der Waals surface area contributed by atoms with Gasteiger partial charge in [0.15, 0.2) is 0 Å². The lowest BCUT2D eigenvalue weighted by molar-refractivity contribution is 0.335. The summed E-state index contributed by atoms with van der Waals surface area (Å²) < 4.78 is 0. The van der Waals surface area contributed by atoms with Gasteiger partial charge in [0.2, 0.25) is 0 Å². The molecule has 0 atom stereocenters. The largest absolute Gasteiger partial charge is 0.372 e. The van der Waals surface area contributed by atoms with Gasteiger partial charge in [-0.2, -0.15) is 0 Å². The Morgan fingerprint density at radius 1 is 1.41 bits per heavy atom. The van der Waals surface area contributed by atoms with Crippen LogP contribution < -0.4 is 10.6 Å². The second kappa shape index (κ2) is 5.68. The monoisotopic (exact) mass is 247 g/mol. The van der Waals surface area contributed by atoms with Gasteiger partial charge in [0.25, 0.3) is 0 Å². The molecule has 90 valence electrons. The van der Waals surface area contributed by atoms with Crippen molar-refractivity contribution in [3.8, 4) is 0 Å². The highest BCUT2D eigenvalue weighted by atomic mass is 32.1.